The molecule has 0 spiro atoms. The molecule has 0 radical (unpaired) electrons. The zero-order valence-corrected chi connectivity index (χ0v) is 10.2. The Bertz CT molecular complexity index is 139. The Morgan fingerprint density at radius 2 is 2.08 bits per heavy atom. The SMILES string of the molecule is CCCCCC(CC)NC(=O)CBr. The molecule has 0 fully saturated rings. The number of rotatable bonds is 7. The van der Waals surface area contributed by atoms with E-state index in [4.69, 9.17) is 0 Å². The van der Waals surface area contributed by atoms with Gasteiger partial charge in [-0.1, -0.05) is 49.0 Å². The van der Waals surface area contributed by atoms with Crippen molar-refractivity contribution in [2.75, 3.05) is 5.33 Å². The molecule has 0 aromatic heterocycles. The van der Waals surface area contributed by atoms with Crippen LogP contribution < -0.4 is 5.32 Å². The second kappa shape index (κ2) is 8.54. The Balaban J connectivity index is 3.56. The van der Waals surface area contributed by atoms with Crippen LogP contribution in [-0.2, 0) is 4.79 Å². The van der Waals surface area contributed by atoms with E-state index in [0.717, 1.165) is 12.8 Å². The van der Waals surface area contributed by atoms with Gasteiger partial charge < -0.3 is 5.32 Å². The van der Waals surface area contributed by atoms with E-state index in [9.17, 15) is 4.79 Å². The number of halogens is 1. The minimum Gasteiger partial charge on any atom is -0.353 e. The molecular weight excluding hydrogens is 230 g/mol. The highest BCUT2D eigenvalue weighted by molar-refractivity contribution is 9.09. The maximum absolute atomic E-state index is 11.1. The van der Waals surface area contributed by atoms with Crippen molar-refractivity contribution in [1.82, 2.24) is 5.32 Å². The van der Waals surface area contributed by atoms with Crippen LogP contribution in [0.15, 0.2) is 0 Å². The molecule has 0 bridgehead atoms. The highest BCUT2D eigenvalue weighted by Gasteiger charge is 2.07. The lowest BCUT2D eigenvalue weighted by Crippen LogP contribution is -2.34. The molecule has 3 heteroatoms. The third kappa shape index (κ3) is 7.05. The lowest BCUT2D eigenvalue weighted by atomic mass is 10.1. The Labute approximate surface area is 89.6 Å². The fourth-order valence-electron chi connectivity index (χ4n) is 1.29. The number of amides is 1. The van der Waals surface area contributed by atoms with Crippen LogP contribution in [0.5, 0.6) is 0 Å². The Morgan fingerprint density at radius 3 is 2.54 bits per heavy atom. The van der Waals surface area contributed by atoms with Crippen LogP contribution in [0, 0.1) is 0 Å². The lowest BCUT2D eigenvalue weighted by Gasteiger charge is -2.15. The highest BCUT2D eigenvalue weighted by atomic mass is 79.9. The van der Waals surface area contributed by atoms with Crippen molar-refractivity contribution in [2.45, 2.75) is 52.0 Å². The summed E-state index contributed by atoms with van der Waals surface area (Å²) in [6.45, 7) is 4.31. The monoisotopic (exact) mass is 249 g/mol. The Morgan fingerprint density at radius 1 is 1.38 bits per heavy atom. The third-order valence-electron chi connectivity index (χ3n) is 2.14. The van der Waals surface area contributed by atoms with Gasteiger partial charge in [0.25, 0.3) is 0 Å². The van der Waals surface area contributed by atoms with Crippen LogP contribution in [0.1, 0.15) is 46.0 Å². The largest absolute Gasteiger partial charge is 0.353 e. The summed E-state index contributed by atoms with van der Waals surface area (Å²) in [7, 11) is 0. The molecule has 0 rings (SSSR count). The van der Waals surface area contributed by atoms with Crippen molar-refractivity contribution in [3.63, 3.8) is 0 Å². The van der Waals surface area contributed by atoms with E-state index in [1.54, 1.807) is 0 Å². The van der Waals surface area contributed by atoms with Crippen molar-refractivity contribution in [3.8, 4) is 0 Å². The first-order valence-electron chi connectivity index (χ1n) is 5.09. The molecule has 0 heterocycles. The second-order valence-electron chi connectivity index (χ2n) is 3.30. The summed E-state index contributed by atoms with van der Waals surface area (Å²) in [5.74, 6) is 0.100. The maximum atomic E-state index is 11.1. The number of unbranched alkanes of at least 4 members (excludes halogenated alkanes) is 2. The van der Waals surface area contributed by atoms with Gasteiger partial charge in [-0.25, -0.2) is 0 Å². The molecule has 13 heavy (non-hydrogen) atoms. The topological polar surface area (TPSA) is 29.1 Å². The summed E-state index contributed by atoms with van der Waals surface area (Å²) in [5.41, 5.74) is 0. The van der Waals surface area contributed by atoms with Crippen molar-refractivity contribution in [3.05, 3.63) is 0 Å². The van der Waals surface area contributed by atoms with E-state index < -0.39 is 0 Å². The molecule has 1 unspecified atom stereocenters. The summed E-state index contributed by atoms with van der Waals surface area (Å²) in [4.78, 5) is 11.1. The Kier molecular flexibility index (Phi) is 8.51. The van der Waals surface area contributed by atoms with Gasteiger partial charge in [0.15, 0.2) is 0 Å². The van der Waals surface area contributed by atoms with E-state index in [2.05, 4.69) is 35.1 Å². The number of carbonyl (C=O) groups excluding carboxylic acids is 1. The van der Waals surface area contributed by atoms with Gasteiger partial charge in [-0.15, -0.1) is 0 Å². The van der Waals surface area contributed by atoms with E-state index in [1.807, 2.05) is 0 Å². The smallest absolute Gasteiger partial charge is 0.230 e. The summed E-state index contributed by atoms with van der Waals surface area (Å²) >= 11 is 3.14. The van der Waals surface area contributed by atoms with Crippen molar-refractivity contribution in [2.24, 2.45) is 0 Å². The first-order valence-corrected chi connectivity index (χ1v) is 6.22. The molecule has 2 nitrogen and oxygen atoms in total. The molecule has 0 aliphatic carbocycles. The molecule has 1 amide bonds. The van der Waals surface area contributed by atoms with E-state index in [-0.39, 0.29) is 5.91 Å². The third-order valence-corrected chi connectivity index (χ3v) is 2.64. The first-order chi connectivity index (χ1) is 6.24. The van der Waals surface area contributed by atoms with E-state index >= 15 is 0 Å². The van der Waals surface area contributed by atoms with Gasteiger partial charge >= 0.3 is 0 Å². The molecule has 0 aliphatic heterocycles. The predicted octanol–water partition coefficient (Wildman–Crippen LogP) is 2.86. The Hall–Kier alpha value is -0.0500. The number of alkyl halides is 1. The minimum absolute atomic E-state index is 0.100. The fraction of sp³-hybridized carbons (Fsp3) is 0.900. The van der Waals surface area contributed by atoms with Gasteiger partial charge in [0.2, 0.25) is 5.91 Å². The number of hydrogen-bond acceptors (Lipinski definition) is 1. The quantitative estimate of drug-likeness (QED) is 0.546. The van der Waals surface area contributed by atoms with E-state index in [0.29, 0.717) is 11.4 Å². The number of nitrogens with one attached hydrogen (secondary N) is 1. The zero-order valence-electron chi connectivity index (χ0n) is 8.61. The van der Waals surface area contributed by atoms with Crippen LogP contribution in [0.4, 0.5) is 0 Å². The minimum atomic E-state index is 0.100. The summed E-state index contributed by atoms with van der Waals surface area (Å²) < 4.78 is 0. The van der Waals surface area contributed by atoms with Gasteiger partial charge in [-0.3, -0.25) is 4.79 Å². The molecular formula is C10H20BrNO. The normalized spacial score (nSPS) is 12.5. The maximum Gasteiger partial charge on any atom is 0.230 e. The van der Waals surface area contributed by atoms with Gasteiger partial charge in [0.05, 0.1) is 5.33 Å². The van der Waals surface area contributed by atoms with Crippen molar-refractivity contribution in [1.29, 1.82) is 0 Å². The van der Waals surface area contributed by atoms with Crippen LogP contribution in [0.2, 0.25) is 0 Å². The van der Waals surface area contributed by atoms with Crippen LogP contribution >= 0.6 is 15.9 Å². The average Bonchev–Trinajstić information content (AvgIpc) is 2.16. The highest BCUT2D eigenvalue weighted by Crippen LogP contribution is 2.06. The molecule has 1 atom stereocenters. The molecule has 0 saturated heterocycles. The molecule has 0 aliphatic rings. The van der Waals surface area contributed by atoms with E-state index in [1.165, 1.54) is 19.3 Å². The molecule has 1 N–H and O–H groups in total. The zero-order chi connectivity index (χ0) is 10.1. The number of carbonyl (C=O) groups is 1. The average molecular weight is 250 g/mol. The van der Waals surface area contributed by atoms with Gasteiger partial charge in [-0.05, 0) is 12.8 Å². The second-order valence-corrected chi connectivity index (χ2v) is 3.86. The molecule has 0 aromatic rings. The fourth-order valence-corrected chi connectivity index (χ4v) is 1.45. The van der Waals surface area contributed by atoms with Crippen LogP contribution in [0.3, 0.4) is 0 Å². The molecule has 78 valence electrons. The number of hydrogen-bond donors (Lipinski definition) is 1. The van der Waals surface area contributed by atoms with Crippen molar-refractivity contribution < 1.29 is 4.79 Å². The molecule has 0 saturated carbocycles. The standard InChI is InChI=1S/C10H20BrNO/c1-3-5-6-7-9(4-2)12-10(13)8-11/h9H,3-8H2,1-2H3,(H,12,13). The summed E-state index contributed by atoms with van der Waals surface area (Å²) in [6.07, 6.45) is 5.87. The predicted molar refractivity (Wildman–Crippen MR) is 60.2 cm³/mol. The van der Waals surface area contributed by atoms with Crippen LogP contribution in [0.25, 0.3) is 0 Å². The van der Waals surface area contributed by atoms with Gasteiger partial charge in [-0.2, -0.15) is 0 Å². The summed E-state index contributed by atoms with van der Waals surface area (Å²) in [5, 5.41) is 3.40. The van der Waals surface area contributed by atoms with Crippen LogP contribution in [-0.4, -0.2) is 17.3 Å². The van der Waals surface area contributed by atoms with Gasteiger partial charge in [0, 0.05) is 6.04 Å². The van der Waals surface area contributed by atoms with Gasteiger partial charge in [0.1, 0.15) is 0 Å². The molecule has 0 aromatic carbocycles. The first kappa shape index (κ1) is 12.9. The summed E-state index contributed by atoms with van der Waals surface area (Å²) in [6, 6.07) is 0.372. The lowest BCUT2D eigenvalue weighted by molar-refractivity contribution is -0.119. The van der Waals surface area contributed by atoms with Crippen molar-refractivity contribution >= 4 is 21.8 Å².